The first-order chi connectivity index (χ1) is 7.72. The van der Waals surface area contributed by atoms with Crippen LogP contribution in [0.1, 0.15) is 31.2 Å². The average Bonchev–Trinajstić information content (AvgIpc) is 2.81. The molecule has 1 saturated carbocycles. The molecule has 1 aliphatic rings. The molecule has 3 heteroatoms. The summed E-state index contributed by atoms with van der Waals surface area (Å²) >= 11 is 0. The third-order valence-corrected chi connectivity index (χ3v) is 3.50. The van der Waals surface area contributed by atoms with Crippen LogP contribution < -0.4 is 10.6 Å². The van der Waals surface area contributed by atoms with Gasteiger partial charge in [-0.1, -0.05) is 18.9 Å². The zero-order chi connectivity index (χ0) is 11.5. The first-order valence-electron chi connectivity index (χ1n) is 5.93. The fraction of sp³-hybridized carbons (Fsp3) is 0.538. The highest BCUT2D eigenvalue weighted by Gasteiger charge is 2.21. The van der Waals surface area contributed by atoms with Crippen molar-refractivity contribution in [3.05, 3.63) is 29.6 Å². The van der Waals surface area contributed by atoms with Crippen LogP contribution in [0.5, 0.6) is 0 Å². The minimum atomic E-state index is -0.155. The summed E-state index contributed by atoms with van der Waals surface area (Å²) < 4.78 is 13.8. The topological polar surface area (TPSA) is 29.3 Å². The molecule has 0 unspecified atom stereocenters. The van der Waals surface area contributed by atoms with E-state index in [-0.39, 0.29) is 5.82 Å². The normalized spacial score (nSPS) is 16.7. The van der Waals surface area contributed by atoms with E-state index in [4.69, 9.17) is 5.73 Å². The van der Waals surface area contributed by atoms with Gasteiger partial charge in [0.2, 0.25) is 0 Å². The molecule has 2 N–H and O–H groups in total. The first-order valence-corrected chi connectivity index (χ1v) is 5.93. The summed E-state index contributed by atoms with van der Waals surface area (Å²) in [4.78, 5) is 2.07. The zero-order valence-electron chi connectivity index (χ0n) is 9.75. The lowest BCUT2D eigenvalue weighted by Crippen LogP contribution is -2.29. The quantitative estimate of drug-likeness (QED) is 0.852. The summed E-state index contributed by atoms with van der Waals surface area (Å²) in [6.45, 7) is 0.393. The molecule has 0 aromatic heterocycles. The molecule has 1 aromatic carbocycles. The Hall–Kier alpha value is -1.09. The van der Waals surface area contributed by atoms with E-state index >= 15 is 0 Å². The molecule has 1 aliphatic carbocycles. The molecule has 88 valence electrons. The number of nitrogens with zero attached hydrogens (tertiary/aromatic N) is 1. The van der Waals surface area contributed by atoms with E-state index in [0.717, 1.165) is 5.56 Å². The van der Waals surface area contributed by atoms with Crippen LogP contribution in [0.2, 0.25) is 0 Å². The molecular weight excluding hydrogens is 203 g/mol. The molecular formula is C13H19FN2. The van der Waals surface area contributed by atoms with E-state index in [1.54, 1.807) is 6.07 Å². The van der Waals surface area contributed by atoms with Crippen molar-refractivity contribution in [3.63, 3.8) is 0 Å². The highest BCUT2D eigenvalue weighted by atomic mass is 19.1. The molecule has 0 heterocycles. The van der Waals surface area contributed by atoms with E-state index < -0.39 is 0 Å². The molecule has 2 nitrogen and oxygen atoms in total. The summed E-state index contributed by atoms with van der Waals surface area (Å²) in [5.41, 5.74) is 7.03. The van der Waals surface area contributed by atoms with E-state index in [2.05, 4.69) is 4.90 Å². The Morgan fingerprint density at radius 3 is 2.62 bits per heavy atom. The minimum Gasteiger partial charge on any atom is -0.369 e. The van der Waals surface area contributed by atoms with E-state index in [9.17, 15) is 4.39 Å². The van der Waals surface area contributed by atoms with Gasteiger partial charge in [0.05, 0.1) is 5.69 Å². The molecule has 0 saturated heterocycles. The van der Waals surface area contributed by atoms with Gasteiger partial charge in [-0.3, -0.25) is 0 Å². The fourth-order valence-electron chi connectivity index (χ4n) is 2.45. The number of benzene rings is 1. The van der Waals surface area contributed by atoms with Gasteiger partial charge in [0.1, 0.15) is 5.82 Å². The smallest absolute Gasteiger partial charge is 0.146 e. The monoisotopic (exact) mass is 222 g/mol. The molecule has 0 atom stereocenters. The lowest BCUT2D eigenvalue weighted by molar-refractivity contribution is 0.594. The van der Waals surface area contributed by atoms with Gasteiger partial charge in [-0.05, 0) is 30.5 Å². The maximum absolute atomic E-state index is 13.8. The van der Waals surface area contributed by atoms with Gasteiger partial charge in [0.25, 0.3) is 0 Å². The Morgan fingerprint density at radius 1 is 1.38 bits per heavy atom. The van der Waals surface area contributed by atoms with Crippen LogP contribution in [0.4, 0.5) is 10.1 Å². The predicted molar refractivity (Wildman–Crippen MR) is 65.0 cm³/mol. The highest BCUT2D eigenvalue weighted by molar-refractivity contribution is 5.49. The second kappa shape index (κ2) is 4.83. The zero-order valence-corrected chi connectivity index (χ0v) is 9.75. The largest absolute Gasteiger partial charge is 0.369 e. The average molecular weight is 222 g/mol. The van der Waals surface area contributed by atoms with Crippen LogP contribution in [0, 0.1) is 5.82 Å². The van der Waals surface area contributed by atoms with Crippen LogP contribution in [0.15, 0.2) is 18.2 Å². The Kier molecular flexibility index (Phi) is 3.44. The molecule has 2 rings (SSSR count). The van der Waals surface area contributed by atoms with Crippen LogP contribution in [0.3, 0.4) is 0 Å². The third-order valence-electron chi connectivity index (χ3n) is 3.50. The third kappa shape index (κ3) is 2.19. The molecule has 0 bridgehead atoms. The van der Waals surface area contributed by atoms with Crippen LogP contribution >= 0.6 is 0 Å². The summed E-state index contributed by atoms with van der Waals surface area (Å²) in [5.74, 6) is -0.155. The second-order valence-electron chi connectivity index (χ2n) is 4.54. The Labute approximate surface area is 96.2 Å². The van der Waals surface area contributed by atoms with Crippen molar-refractivity contribution in [2.24, 2.45) is 5.73 Å². The molecule has 0 amide bonds. The van der Waals surface area contributed by atoms with Gasteiger partial charge in [-0.15, -0.1) is 0 Å². The van der Waals surface area contributed by atoms with E-state index in [1.807, 2.05) is 19.2 Å². The minimum absolute atomic E-state index is 0.155. The summed E-state index contributed by atoms with van der Waals surface area (Å²) in [6, 6.07) is 5.79. The van der Waals surface area contributed by atoms with Crippen LogP contribution in [0.25, 0.3) is 0 Å². The SMILES string of the molecule is CN(c1ccc(CN)cc1F)C1CCCC1. The molecule has 0 aliphatic heterocycles. The van der Waals surface area contributed by atoms with Crippen molar-refractivity contribution in [2.75, 3.05) is 11.9 Å². The van der Waals surface area contributed by atoms with Crippen molar-refractivity contribution in [3.8, 4) is 0 Å². The molecule has 1 fully saturated rings. The lowest BCUT2D eigenvalue weighted by Gasteiger charge is -2.27. The lowest BCUT2D eigenvalue weighted by atomic mass is 10.1. The van der Waals surface area contributed by atoms with E-state index in [1.165, 1.54) is 25.7 Å². The number of hydrogen-bond acceptors (Lipinski definition) is 2. The first kappa shape index (κ1) is 11.4. The number of hydrogen-bond donors (Lipinski definition) is 1. The van der Waals surface area contributed by atoms with Gasteiger partial charge in [0.15, 0.2) is 0 Å². The molecule has 1 aromatic rings. The van der Waals surface area contributed by atoms with Crippen LogP contribution in [-0.4, -0.2) is 13.1 Å². The fourth-order valence-corrected chi connectivity index (χ4v) is 2.45. The van der Waals surface area contributed by atoms with Gasteiger partial charge in [-0.25, -0.2) is 4.39 Å². The van der Waals surface area contributed by atoms with Crippen molar-refractivity contribution in [1.82, 2.24) is 0 Å². The maximum atomic E-state index is 13.8. The number of rotatable bonds is 3. The van der Waals surface area contributed by atoms with Crippen molar-refractivity contribution < 1.29 is 4.39 Å². The van der Waals surface area contributed by atoms with Crippen molar-refractivity contribution in [1.29, 1.82) is 0 Å². The standard InChI is InChI=1S/C13H19FN2/c1-16(11-4-2-3-5-11)13-7-6-10(9-15)8-12(13)14/h6-8,11H,2-5,9,15H2,1H3. The molecule has 0 spiro atoms. The van der Waals surface area contributed by atoms with Gasteiger partial charge >= 0.3 is 0 Å². The van der Waals surface area contributed by atoms with E-state index in [0.29, 0.717) is 18.3 Å². The summed E-state index contributed by atoms with van der Waals surface area (Å²) in [5, 5.41) is 0. The molecule has 16 heavy (non-hydrogen) atoms. The highest BCUT2D eigenvalue weighted by Crippen LogP contribution is 2.28. The maximum Gasteiger partial charge on any atom is 0.146 e. The van der Waals surface area contributed by atoms with Crippen LogP contribution in [-0.2, 0) is 6.54 Å². The number of halogens is 1. The van der Waals surface area contributed by atoms with Crippen molar-refractivity contribution in [2.45, 2.75) is 38.3 Å². The summed E-state index contributed by atoms with van der Waals surface area (Å²) in [7, 11) is 1.98. The Morgan fingerprint density at radius 2 is 2.06 bits per heavy atom. The van der Waals surface area contributed by atoms with Gasteiger partial charge in [-0.2, -0.15) is 0 Å². The Bertz CT molecular complexity index is 359. The van der Waals surface area contributed by atoms with Gasteiger partial charge in [0, 0.05) is 19.6 Å². The molecule has 0 radical (unpaired) electrons. The number of anilines is 1. The Balaban J connectivity index is 2.19. The van der Waals surface area contributed by atoms with Crippen molar-refractivity contribution >= 4 is 5.69 Å². The predicted octanol–water partition coefficient (Wildman–Crippen LogP) is 2.66. The second-order valence-corrected chi connectivity index (χ2v) is 4.54. The van der Waals surface area contributed by atoms with Gasteiger partial charge < -0.3 is 10.6 Å². The summed E-state index contributed by atoms with van der Waals surface area (Å²) in [6.07, 6.45) is 4.87. The number of nitrogens with two attached hydrogens (primary N) is 1.